The highest BCUT2D eigenvalue weighted by Gasteiger charge is 2.06. The second-order valence-electron chi connectivity index (χ2n) is 5.78. The molecule has 1 N–H and O–H groups in total. The highest BCUT2D eigenvalue weighted by molar-refractivity contribution is 9.10. The van der Waals surface area contributed by atoms with E-state index >= 15 is 0 Å². The van der Waals surface area contributed by atoms with Crippen LogP contribution >= 0.6 is 39.1 Å². The topological polar surface area (TPSA) is 50.7 Å². The average Bonchev–Trinajstić information content (AvgIpc) is 2.69. The summed E-state index contributed by atoms with van der Waals surface area (Å²) in [6.45, 7) is 0.438. The standard InChI is InChI=1S/C21H15BrCl2N2O2/c22-16-4-1-3-14(11-16)13-28-17-9-7-15(8-10-17)21(27)26-25-12-18-19(23)5-2-6-20(18)24/h1-12H,13H2,(H,26,27)/b25-12-. The highest BCUT2D eigenvalue weighted by Crippen LogP contribution is 2.22. The molecule has 28 heavy (non-hydrogen) atoms. The van der Waals surface area contributed by atoms with Crippen LogP contribution in [0.3, 0.4) is 0 Å². The first-order chi connectivity index (χ1) is 13.5. The summed E-state index contributed by atoms with van der Waals surface area (Å²) >= 11 is 15.5. The van der Waals surface area contributed by atoms with Gasteiger partial charge in [-0.25, -0.2) is 5.43 Å². The maximum absolute atomic E-state index is 12.2. The molecule has 3 aromatic carbocycles. The molecule has 7 heteroatoms. The monoisotopic (exact) mass is 476 g/mol. The van der Waals surface area contributed by atoms with Crippen LogP contribution in [0.25, 0.3) is 0 Å². The van der Waals surface area contributed by atoms with E-state index < -0.39 is 0 Å². The number of carbonyl (C=O) groups excluding carboxylic acids is 1. The molecule has 3 rings (SSSR count). The Labute approximate surface area is 181 Å². The van der Waals surface area contributed by atoms with Gasteiger partial charge in [-0.15, -0.1) is 0 Å². The maximum Gasteiger partial charge on any atom is 0.271 e. The van der Waals surface area contributed by atoms with E-state index in [-0.39, 0.29) is 5.91 Å². The first kappa shape index (κ1) is 20.4. The molecule has 0 aliphatic carbocycles. The summed E-state index contributed by atoms with van der Waals surface area (Å²) < 4.78 is 6.73. The second-order valence-corrected chi connectivity index (χ2v) is 7.51. The van der Waals surface area contributed by atoms with Crippen molar-refractivity contribution in [1.82, 2.24) is 5.43 Å². The van der Waals surface area contributed by atoms with E-state index in [9.17, 15) is 4.79 Å². The molecule has 0 fully saturated rings. The molecule has 0 aliphatic rings. The number of benzene rings is 3. The third-order valence-electron chi connectivity index (χ3n) is 3.77. The fraction of sp³-hybridized carbons (Fsp3) is 0.0476. The van der Waals surface area contributed by atoms with Crippen LogP contribution in [0.15, 0.2) is 76.3 Å². The lowest BCUT2D eigenvalue weighted by Gasteiger charge is -2.07. The number of nitrogens with one attached hydrogen (secondary N) is 1. The van der Waals surface area contributed by atoms with E-state index in [1.165, 1.54) is 6.21 Å². The van der Waals surface area contributed by atoms with Gasteiger partial charge in [-0.1, -0.05) is 57.3 Å². The SMILES string of the molecule is O=C(N/N=C\c1c(Cl)cccc1Cl)c1ccc(OCc2cccc(Br)c2)cc1. The molecular weight excluding hydrogens is 463 g/mol. The van der Waals surface area contributed by atoms with Gasteiger partial charge in [0.05, 0.1) is 16.3 Å². The van der Waals surface area contributed by atoms with Crippen molar-refractivity contribution in [3.63, 3.8) is 0 Å². The van der Waals surface area contributed by atoms with Crippen LogP contribution in [-0.2, 0) is 6.61 Å². The molecule has 0 unspecified atom stereocenters. The Morgan fingerprint density at radius 1 is 1.04 bits per heavy atom. The lowest BCUT2D eigenvalue weighted by atomic mass is 10.2. The molecule has 0 saturated carbocycles. The van der Waals surface area contributed by atoms with E-state index in [1.807, 2.05) is 24.3 Å². The molecule has 0 spiro atoms. The predicted molar refractivity (Wildman–Crippen MR) is 116 cm³/mol. The number of carbonyl (C=O) groups is 1. The van der Waals surface area contributed by atoms with E-state index in [2.05, 4.69) is 26.5 Å². The molecule has 1 amide bonds. The minimum atomic E-state index is -0.349. The zero-order valence-electron chi connectivity index (χ0n) is 14.5. The summed E-state index contributed by atoms with van der Waals surface area (Å²) in [6, 6.07) is 19.8. The van der Waals surface area contributed by atoms with Gasteiger partial charge >= 0.3 is 0 Å². The van der Waals surface area contributed by atoms with Gasteiger partial charge in [0.25, 0.3) is 5.91 Å². The first-order valence-corrected chi connectivity index (χ1v) is 9.82. The molecule has 0 bridgehead atoms. The quantitative estimate of drug-likeness (QED) is 0.344. The number of amides is 1. The van der Waals surface area contributed by atoms with Gasteiger partial charge in [-0.2, -0.15) is 5.10 Å². The fourth-order valence-electron chi connectivity index (χ4n) is 2.35. The summed E-state index contributed by atoms with van der Waals surface area (Å²) in [5.74, 6) is 0.320. The smallest absolute Gasteiger partial charge is 0.271 e. The van der Waals surface area contributed by atoms with Crippen molar-refractivity contribution >= 4 is 51.3 Å². The van der Waals surface area contributed by atoms with Gasteiger partial charge < -0.3 is 4.74 Å². The van der Waals surface area contributed by atoms with Gasteiger partial charge in [0.15, 0.2) is 0 Å². The van der Waals surface area contributed by atoms with Crippen molar-refractivity contribution in [3.8, 4) is 5.75 Å². The van der Waals surface area contributed by atoms with Crippen molar-refractivity contribution in [3.05, 3.63) is 97.9 Å². The minimum absolute atomic E-state index is 0.349. The van der Waals surface area contributed by atoms with Crippen molar-refractivity contribution in [2.45, 2.75) is 6.61 Å². The Kier molecular flexibility index (Phi) is 7.09. The van der Waals surface area contributed by atoms with Crippen LogP contribution in [0, 0.1) is 0 Å². The van der Waals surface area contributed by atoms with E-state index in [1.54, 1.807) is 42.5 Å². The third kappa shape index (κ3) is 5.58. The summed E-state index contributed by atoms with van der Waals surface area (Å²) in [6.07, 6.45) is 1.41. The zero-order valence-corrected chi connectivity index (χ0v) is 17.6. The van der Waals surface area contributed by atoms with Gasteiger partial charge in [0.1, 0.15) is 12.4 Å². The van der Waals surface area contributed by atoms with Crippen LogP contribution in [0.5, 0.6) is 5.75 Å². The summed E-state index contributed by atoms with van der Waals surface area (Å²) in [4.78, 5) is 12.2. The number of rotatable bonds is 6. The number of hydrogen-bond donors (Lipinski definition) is 1. The molecule has 0 heterocycles. The Morgan fingerprint density at radius 3 is 2.39 bits per heavy atom. The van der Waals surface area contributed by atoms with Crippen molar-refractivity contribution in [2.75, 3.05) is 0 Å². The maximum atomic E-state index is 12.2. The number of ether oxygens (including phenoxy) is 1. The van der Waals surface area contributed by atoms with E-state index in [4.69, 9.17) is 27.9 Å². The van der Waals surface area contributed by atoms with Crippen LogP contribution in [0.4, 0.5) is 0 Å². The molecule has 0 saturated heterocycles. The summed E-state index contributed by atoms with van der Waals surface area (Å²) in [7, 11) is 0. The van der Waals surface area contributed by atoms with Crippen molar-refractivity contribution < 1.29 is 9.53 Å². The zero-order chi connectivity index (χ0) is 19.9. The Balaban J connectivity index is 1.57. The van der Waals surface area contributed by atoms with Crippen molar-refractivity contribution in [2.24, 2.45) is 5.10 Å². The lowest BCUT2D eigenvalue weighted by molar-refractivity contribution is 0.0955. The number of nitrogens with zero attached hydrogens (tertiary/aromatic N) is 1. The van der Waals surface area contributed by atoms with Crippen LogP contribution in [-0.4, -0.2) is 12.1 Å². The van der Waals surface area contributed by atoms with Gasteiger partial charge in [0.2, 0.25) is 0 Å². The van der Waals surface area contributed by atoms with Gasteiger partial charge in [-0.3, -0.25) is 4.79 Å². The van der Waals surface area contributed by atoms with E-state index in [0.717, 1.165) is 10.0 Å². The van der Waals surface area contributed by atoms with Crippen molar-refractivity contribution in [1.29, 1.82) is 0 Å². The fourth-order valence-corrected chi connectivity index (χ4v) is 3.29. The average molecular weight is 478 g/mol. The molecule has 0 aromatic heterocycles. The second kappa shape index (κ2) is 9.73. The molecule has 0 radical (unpaired) electrons. The normalized spacial score (nSPS) is 10.8. The Bertz CT molecular complexity index is 987. The molecule has 4 nitrogen and oxygen atoms in total. The molecule has 0 aliphatic heterocycles. The largest absolute Gasteiger partial charge is 0.489 e. The Hall–Kier alpha value is -2.34. The summed E-state index contributed by atoms with van der Waals surface area (Å²) in [5.41, 5.74) is 4.50. The van der Waals surface area contributed by atoms with Gasteiger partial charge in [0, 0.05) is 15.6 Å². The number of halogens is 3. The molecule has 3 aromatic rings. The molecule has 0 atom stereocenters. The highest BCUT2D eigenvalue weighted by atomic mass is 79.9. The molecule has 142 valence electrons. The lowest BCUT2D eigenvalue weighted by Crippen LogP contribution is -2.17. The minimum Gasteiger partial charge on any atom is -0.489 e. The van der Waals surface area contributed by atoms with E-state index in [0.29, 0.717) is 33.5 Å². The molecular formula is C21H15BrCl2N2O2. The first-order valence-electron chi connectivity index (χ1n) is 8.27. The Morgan fingerprint density at radius 2 is 1.71 bits per heavy atom. The van der Waals surface area contributed by atoms with Crippen LogP contribution in [0.1, 0.15) is 21.5 Å². The van der Waals surface area contributed by atoms with Crippen LogP contribution < -0.4 is 10.2 Å². The number of hydrogen-bond acceptors (Lipinski definition) is 3. The summed E-state index contributed by atoms with van der Waals surface area (Å²) in [5, 5.41) is 4.83. The number of hydrazone groups is 1. The predicted octanol–water partition coefficient (Wildman–Crippen LogP) is 6.10. The van der Waals surface area contributed by atoms with Gasteiger partial charge in [-0.05, 0) is 54.1 Å². The third-order valence-corrected chi connectivity index (χ3v) is 4.92. The van der Waals surface area contributed by atoms with Crippen LogP contribution in [0.2, 0.25) is 10.0 Å².